The Balaban J connectivity index is 1.09. The number of rotatable bonds is 8. The number of aryl methyl sites for hydroxylation is 1. The highest BCUT2D eigenvalue weighted by Crippen LogP contribution is 2.32. The van der Waals surface area contributed by atoms with Crippen LogP contribution in [-0.2, 0) is 6.54 Å². The van der Waals surface area contributed by atoms with Crippen molar-refractivity contribution in [2.75, 3.05) is 58.0 Å². The zero-order chi connectivity index (χ0) is 22.2. The lowest BCUT2D eigenvalue weighted by Gasteiger charge is -2.36. The molecule has 2 heterocycles. The van der Waals surface area contributed by atoms with E-state index in [9.17, 15) is 0 Å². The predicted molar refractivity (Wildman–Crippen MR) is 130 cm³/mol. The quantitative estimate of drug-likeness (QED) is 0.376. The number of anilines is 1. The van der Waals surface area contributed by atoms with Gasteiger partial charge < -0.3 is 25.0 Å². The normalized spacial score (nSPS) is 16.3. The van der Waals surface area contributed by atoms with Gasteiger partial charge in [0.15, 0.2) is 17.5 Å². The van der Waals surface area contributed by atoms with Crippen LogP contribution in [0.25, 0.3) is 0 Å². The molecule has 172 valence electrons. The molecule has 0 amide bonds. The molecular weight excluding hydrogens is 402 g/mol. The monoisotopic (exact) mass is 437 g/mol. The van der Waals surface area contributed by atoms with Crippen LogP contribution in [0.15, 0.2) is 47.5 Å². The number of ether oxygens (including phenoxy) is 2. The summed E-state index contributed by atoms with van der Waals surface area (Å²) in [5.41, 5.74) is 3.83. The SMILES string of the molecule is CN=C(NCCCCN1CCN(c2cccc(C)c2)CC1)NCc1ccc2c(c1)OCO2. The van der Waals surface area contributed by atoms with Gasteiger partial charge in [-0.3, -0.25) is 9.89 Å². The van der Waals surface area contributed by atoms with Gasteiger partial charge in [0.25, 0.3) is 0 Å². The summed E-state index contributed by atoms with van der Waals surface area (Å²) in [6, 6.07) is 14.8. The number of guanidine groups is 1. The predicted octanol–water partition coefficient (Wildman–Crippen LogP) is 2.99. The number of hydrogen-bond acceptors (Lipinski definition) is 5. The minimum atomic E-state index is 0.303. The summed E-state index contributed by atoms with van der Waals surface area (Å²) in [4.78, 5) is 9.41. The fourth-order valence-corrected chi connectivity index (χ4v) is 4.18. The van der Waals surface area contributed by atoms with Crippen molar-refractivity contribution < 1.29 is 9.47 Å². The van der Waals surface area contributed by atoms with Gasteiger partial charge in [0.1, 0.15) is 0 Å². The van der Waals surface area contributed by atoms with Gasteiger partial charge in [0.05, 0.1) is 0 Å². The van der Waals surface area contributed by atoms with Crippen LogP contribution in [0.4, 0.5) is 5.69 Å². The first kappa shape index (κ1) is 22.3. The first-order valence-corrected chi connectivity index (χ1v) is 11.6. The highest BCUT2D eigenvalue weighted by molar-refractivity contribution is 5.79. The van der Waals surface area contributed by atoms with Crippen molar-refractivity contribution in [3.05, 3.63) is 53.6 Å². The molecule has 0 bridgehead atoms. The molecule has 0 aromatic heterocycles. The summed E-state index contributed by atoms with van der Waals surface area (Å²) in [7, 11) is 1.81. The number of benzene rings is 2. The minimum absolute atomic E-state index is 0.303. The van der Waals surface area contributed by atoms with Crippen LogP contribution in [-0.4, -0.2) is 64.0 Å². The van der Waals surface area contributed by atoms with E-state index in [0.29, 0.717) is 13.3 Å². The summed E-state index contributed by atoms with van der Waals surface area (Å²) < 4.78 is 10.8. The Hall–Kier alpha value is -2.93. The van der Waals surface area contributed by atoms with Gasteiger partial charge in [-0.25, -0.2) is 0 Å². The molecule has 0 atom stereocenters. The molecule has 0 aliphatic carbocycles. The Morgan fingerprint density at radius 2 is 1.81 bits per heavy atom. The molecule has 2 aliphatic rings. The highest BCUT2D eigenvalue weighted by atomic mass is 16.7. The second-order valence-electron chi connectivity index (χ2n) is 8.41. The molecule has 1 fully saturated rings. The van der Waals surface area contributed by atoms with E-state index in [1.54, 1.807) is 0 Å². The van der Waals surface area contributed by atoms with Gasteiger partial charge in [-0.15, -0.1) is 0 Å². The Bertz CT molecular complexity index is 909. The maximum absolute atomic E-state index is 5.44. The van der Waals surface area contributed by atoms with E-state index in [2.05, 4.69) is 56.6 Å². The van der Waals surface area contributed by atoms with Crippen molar-refractivity contribution in [1.29, 1.82) is 0 Å². The Morgan fingerprint density at radius 1 is 0.969 bits per heavy atom. The lowest BCUT2D eigenvalue weighted by molar-refractivity contribution is 0.174. The maximum Gasteiger partial charge on any atom is 0.231 e. The third kappa shape index (κ3) is 6.07. The summed E-state index contributed by atoms with van der Waals surface area (Å²) >= 11 is 0. The van der Waals surface area contributed by atoms with Gasteiger partial charge in [-0.1, -0.05) is 18.2 Å². The fourth-order valence-electron chi connectivity index (χ4n) is 4.18. The second-order valence-corrected chi connectivity index (χ2v) is 8.41. The summed E-state index contributed by atoms with van der Waals surface area (Å²) in [5.74, 6) is 2.45. The number of piperazine rings is 1. The smallest absolute Gasteiger partial charge is 0.231 e. The van der Waals surface area contributed by atoms with Gasteiger partial charge in [0, 0.05) is 52.0 Å². The number of unbranched alkanes of at least 4 members (excludes halogenated alkanes) is 1. The van der Waals surface area contributed by atoms with Crippen molar-refractivity contribution >= 4 is 11.6 Å². The summed E-state index contributed by atoms with van der Waals surface area (Å²) in [6.07, 6.45) is 2.32. The molecule has 2 aliphatic heterocycles. The number of hydrogen-bond donors (Lipinski definition) is 2. The van der Waals surface area contributed by atoms with Gasteiger partial charge in [-0.05, 0) is 61.7 Å². The molecule has 32 heavy (non-hydrogen) atoms. The number of nitrogens with zero attached hydrogens (tertiary/aromatic N) is 3. The third-order valence-corrected chi connectivity index (χ3v) is 6.05. The first-order chi connectivity index (χ1) is 15.7. The van der Waals surface area contributed by atoms with Crippen LogP contribution < -0.4 is 25.0 Å². The van der Waals surface area contributed by atoms with Crippen LogP contribution in [0.2, 0.25) is 0 Å². The standard InChI is InChI=1S/C25H35N5O2/c1-20-6-5-7-22(16-20)30-14-12-29(13-15-30)11-4-3-10-27-25(26-2)28-18-21-8-9-23-24(17-21)32-19-31-23/h5-9,16-17H,3-4,10-15,18-19H2,1-2H3,(H2,26,27,28). The van der Waals surface area contributed by atoms with Gasteiger partial charge in [0.2, 0.25) is 6.79 Å². The second kappa shape index (κ2) is 11.1. The highest BCUT2D eigenvalue weighted by Gasteiger charge is 2.17. The van der Waals surface area contributed by atoms with E-state index in [-0.39, 0.29) is 0 Å². The average Bonchev–Trinajstić information content (AvgIpc) is 3.29. The topological polar surface area (TPSA) is 61.4 Å². The molecule has 2 aromatic rings. The molecule has 2 aromatic carbocycles. The minimum Gasteiger partial charge on any atom is -0.454 e. The zero-order valence-corrected chi connectivity index (χ0v) is 19.3. The third-order valence-electron chi connectivity index (χ3n) is 6.05. The van der Waals surface area contributed by atoms with Gasteiger partial charge in [-0.2, -0.15) is 0 Å². The Morgan fingerprint density at radius 3 is 2.62 bits per heavy atom. The van der Waals surface area contributed by atoms with Gasteiger partial charge >= 0.3 is 0 Å². The van der Waals surface area contributed by atoms with Crippen LogP contribution >= 0.6 is 0 Å². The number of aliphatic imine (C=N–C) groups is 1. The first-order valence-electron chi connectivity index (χ1n) is 11.6. The van der Waals surface area contributed by atoms with Crippen LogP contribution in [0, 0.1) is 6.92 Å². The van der Waals surface area contributed by atoms with E-state index in [1.807, 2.05) is 25.2 Å². The Kier molecular flexibility index (Phi) is 7.72. The van der Waals surface area contributed by atoms with Crippen LogP contribution in [0.1, 0.15) is 24.0 Å². The molecule has 0 radical (unpaired) electrons. The van der Waals surface area contributed by atoms with E-state index < -0.39 is 0 Å². The average molecular weight is 438 g/mol. The molecule has 0 unspecified atom stereocenters. The lowest BCUT2D eigenvalue weighted by Crippen LogP contribution is -2.46. The summed E-state index contributed by atoms with van der Waals surface area (Å²) in [6.45, 7) is 9.74. The summed E-state index contributed by atoms with van der Waals surface area (Å²) in [5, 5.41) is 6.79. The molecular formula is C25H35N5O2. The molecule has 7 heteroatoms. The van der Waals surface area contributed by atoms with E-state index in [4.69, 9.17) is 9.47 Å². The maximum atomic E-state index is 5.44. The largest absolute Gasteiger partial charge is 0.454 e. The van der Waals surface area contributed by atoms with Crippen molar-refractivity contribution in [1.82, 2.24) is 15.5 Å². The molecule has 4 rings (SSSR count). The molecule has 7 nitrogen and oxygen atoms in total. The molecule has 2 N–H and O–H groups in total. The number of fused-ring (bicyclic) bond motifs is 1. The zero-order valence-electron chi connectivity index (χ0n) is 19.3. The molecule has 0 saturated carbocycles. The fraction of sp³-hybridized carbons (Fsp3) is 0.480. The van der Waals surface area contributed by atoms with Crippen molar-refractivity contribution in [3.63, 3.8) is 0 Å². The van der Waals surface area contributed by atoms with Crippen LogP contribution in [0.3, 0.4) is 0 Å². The van der Waals surface area contributed by atoms with Crippen LogP contribution in [0.5, 0.6) is 11.5 Å². The number of nitrogens with one attached hydrogen (secondary N) is 2. The van der Waals surface area contributed by atoms with Crippen molar-refractivity contribution in [2.45, 2.75) is 26.3 Å². The van der Waals surface area contributed by atoms with Crippen molar-refractivity contribution in [3.8, 4) is 11.5 Å². The Labute approximate surface area is 191 Å². The molecule has 0 spiro atoms. The van der Waals surface area contributed by atoms with Crippen molar-refractivity contribution in [2.24, 2.45) is 4.99 Å². The molecule has 1 saturated heterocycles. The van der Waals surface area contributed by atoms with E-state index in [1.165, 1.54) is 17.7 Å². The van der Waals surface area contributed by atoms with E-state index >= 15 is 0 Å². The lowest BCUT2D eigenvalue weighted by atomic mass is 10.2. The van der Waals surface area contributed by atoms with E-state index in [0.717, 1.165) is 68.7 Å².